The zero-order chi connectivity index (χ0) is 22.8. The summed E-state index contributed by atoms with van der Waals surface area (Å²) in [5.74, 6) is 5.74. The number of hydrogen-bond acceptors (Lipinski definition) is 4. The van der Waals surface area contributed by atoms with Crippen LogP contribution in [-0.2, 0) is 6.54 Å². The Bertz CT molecular complexity index is 1590. The normalized spacial score (nSPS) is 11.0. The summed E-state index contributed by atoms with van der Waals surface area (Å²) in [6.45, 7) is 0.153. The first-order valence-electron chi connectivity index (χ1n) is 10.4. The molecular weight excluding hydrogens is 419 g/mol. The molecule has 0 aliphatic carbocycles. The minimum Gasteiger partial charge on any atom is -0.395 e. The first-order valence-corrected chi connectivity index (χ1v) is 10.4. The lowest BCUT2D eigenvalue weighted by Crippen LogP contribution is -2.24. The van der Waals surface area contributed by atoms with Gasteiger partial charge in [-0.3, -0.25) is 19.1 Å². The van der Waals surface area contributed by atoms with Crippen LogP contribution in [0.15, 0.2) is 78.0 Å². The zero-order valence-corrected chi connectivity index (χ0v) is 17.6. The molecule has 2 aromatic carbocycles. The Morgan fingerprint density at radius 2 is 1.82 bits per heavy atom. The fourth-order valence-electron chi connectivity index (χ4n) is 3.92. The Balaban J connectivity index is 1.70. The van der Waals surface area contributed by atoms with Crippen LogP contribution in [0.2, 0.25) is 0 Å². The van der Waals surface area contributed by atoms with E-state index < -0.39 is 0 Å². The molecule has 0 aliphatic rings. The second kappa shape index (κ2) is 8.69. The minimum atomic E-state index is -0.372. The summed E-state index contributed by atoms with van der Waals surface area (Å²) in [7, 11) is 0. The second-order valence-corrected chi connectivity index (χ2v) is 7.49. The number of pyridine rings is 2. The number of aliphatic hydroxyl groups excluding tert-OH is 1. The van der Waals surface area contributed by atoms with Gasteiger partial charge in [-0.1, -0.05) is 36.1 Å². The topological polar surface area (TPSA) is 72.9 Å². The third-order valence-electron chi connectivity index (χ3n) is 5.45. The number of hydrogen-bond donors (Lipinski definition) is 1. The van der Waals surface area contributed by atoms with Crippen molar-refractivity contribution in [1.29, 1.82) is 0 Å². The average Bonchev–Trinajstić information content (AvgIpc) is 3.12. The van der Waals surface area contributed by atoms with Crippen LogP contribution in [0.5, 0.6) is 0 Å². The number of aromatic nitrogens is 4. The van der Waals surface area contributed by atoms with Crippen LogP contribution in [0, 0.1) is 17.7 Å². The van der Waals surface area contributed by atoms with E-state index in [-0.39, 0.29) is 24.7 Å². The molecule has 0 atom stereocenters. The zero-order valence-electron chi connectivity index (χ0n) is 17.6. The van der Waals surface area contributed by atoms with Gasteiger partial charge >= 0.3 is 5.69 Å². The number of imidazole rings is 1. The number of fused-ring (bicyclic) bond motifs is 2. The molecule has 5 aromatic rings. The van der Waals surface area contributed by atoms with Gasteiger partial charge in [-0.05, 0) is 30.3 Å². The number of halogens is 1. The first kappa shape index (κ1) is 20.6. The van der Waals surface area contributed by atoms with E-state index in [4.69, 9.17) is 5.11 Å². The number of aliphatic hydroxyl groups is 1. The Morgan fingerprint density at radius 1 is 1.00 bits per heavy atom. The maximum atomic E-state index is 13.5. The van der Waals surface area contributed by atoms with Crippen molar-refractivity contribution in [2.75, 3.05) is 6.61 Å². The van der Waals surface area contributed by atoms with E-state index >= 15 is 0 Å². The van der Waals surface area contributed by atoms with Crippen molar-refractivity contribution in [1.82, 2.24) is 19.1 Å². The minimum absolute atomic E-state index is 0.0309. The summed E-state index contributed by atoms with van der Waals surface area (Å²) in [6, 6.07) is 15.3. The number of rotatable bonds is 4. The molecule has 0 saturated heterocycles. The molecule has 0 saturated carbocycles. The van der Waals surface area contributed by atoms with E-state index in [9.17, 15) is 9.18 Å². The predicted molar refractivity (Wildman–Crippen MR) is 125 cm³/mol. The fraction of sp³-hybridized carbons (Fsp3) is 0.115. The molecule has 0 fully saturated rings. The predicted octanol–water partition coefficient (Wildman–Crippen LogP) is 3.66. The van der Waals surface area contributed by atoms with E-state index in [0.717, 1.165) is 16.3 Å². The highest BCUT2D eigenvalue weighted by Gasteiger charge is 2.17. The van der Waals surface area contributed by atoms with E-state index in [0.29, 0.717) is 28.8 Å². The van der Waals surface area contributed by atoms with Gasteiger partial charge in [0.1, 0.15) is 5.82 Å². The van der Waals surface area contributed by atoms with Crippen molar-refractivity contribution in [3.63, 3.8) is 0 Å². The summed E-state index contributed by atoms with van der Waals surface area (Å²) < 4.78 is 16.6. The van der Waals surface area contributed by atoms with Crippen molar-refractivity contribution in [3.05, 3.63) is 101 Å². The van der Waals surface area contributed by atoms with E-state index in [1.807, 2.05) is 24.3 Å². The second-order valence-electron chi connectivity index (χ2n) is 7.49. The maximum absolute atomic E-state index is 13.5. The molecule has 0 bridgehead atoms. The molecule has 0 unspecified atom stereocenters. The van der Waals surface area contributed by atoms with Crippen LogP contribution in [0.3, 0.4) is 0 Å². The summed E-state index contributed by atoms with van der Waals surface area (Å²) >= 11 is 0. The van der Waals surface area contributed by atoms with Crippen molar-refractivity contribution in [2.45, 2.75) is 13.0 Å². The molecule has 33 heavy (non-hydrogen) atoms. The van der Waals surface area contributed by atoms with Crippen LogP contribution in [-0.4, -0.2) is 30.8 Å². The highest BCUT2D eigenvalue weighted by atomic mass is 19.1. The Morgan fingerprint density at radius 3 is 2.64 bits per heavy atom. The van der Waals surface area contributed by atoms with Crippen LogP contribution < -0.4 is 5.69 Å². The molecule has 3 heterocycles. The largest absolute Gasteiger partial charge is 0.395 e. The first-order chi connectivity index (χ1) is 16.2. The van der Waals surface area contributed by atoms with Gasteiger partial charge in [0, 0.05) is 29.6 Å². The highest BCUT2D eigenvalue weighted by Crippen LogP contribution is 2.23. The molecule has 3 aromatic heterocycles. The molecule has 1 N–H and O–H groups in total. The number of nitrogens with zero attached hydrogens (tertiary/aromatic N) is 4. The summed E-state index contributed by atoms with van der Waals surface area (Å²) in [5.41, 5.74) is 2.94. The van der Waals surface area contributed by atoms with Gasteiger partial charge in [0.2, 0.25) is 0 Å². The van der Waals surface area contributed by atoms with Crippen molar-refractivity contribution >= 4 is 21.8 Å². The van der Waals surface area contributed by atoms with Gasteiger partial charge in [0.05, 0.1) is 47.3 Å². The van der Waals surface area contributed by atoms with Gasteiger partial charge in [-0.25, -0.2) is 9.18 Å². The maximum Gasteiger partial charge on any atom is 0.334 e. The van der Waals surface area contributed by atoms with Gasteiger partial charge in [-0.2, -0.15) is 0 Å². The van der Waals surface area contributed by atoms with E-state index in [1.165, 1.54) is 16.7 Å². The smallest absolute Gasteiger partial charge is 0.334 e. The molecule has 162 valence electrons. The molecule has 6 nitrogen and oxygen atoms in total. The lowest BCUT2D eigenvalue weighted by molar-refractivity contribution is 0.305. The van der Waals surface area contributed by atoms with Crippen LogP contribution in [0.1, 0.15) is 17.7 Å². The lowest BCUT2D eigenvalue weighted by atomic mass is 10.0. The third kappa shape index (κ3) is 3.77. The summed E-state index contributed by atoms with van der Waals surface area (Å²) in [4.78, 5) is 22.3. The van der Waals surface area contributed by atoms with Gasteiger partial charge in [0.15, 0.2) is 0 Å². The number of benzene rings is 2. The monoisotopic (exact) mass is 438 g/mol. The van der Waals surface area contributed by atoms with Crippen molar-refractivity contribution < 1.29 is 9.50 Å². The average molecular weight is 438 g/mol. The van der Waals surface area contributed by atoms with Crippen LogP contribution in [0.25, 0.3) is 27.5 Å². The molecular formula is C26H19FN4O2. The molecule has 0 spiro atoms. The van der Waals surface area contributed by atoms with Crippen LogP contribution in [0.4, 0.5) is 4.39 Å². The van der Waals surface area contributed by atoms with Crippen LogP contribution >= 0.6 is 0 Å². The van der Waals surface area contributed by atoms with Gasteiger partial charge in [-0.15, -0.1) is 0 Å². The summed E-state index contributed by atoms with van der Waals surface area (Å²) in [5, 5.41) is 11.0. The highest BCUT2D eigenvalue weighted by molar-refractivity contribution is 5.88. The standard InChI is InChI=1S/C26H19FN4O2/c27-19-8-10-20(11-9-19)31-24-12-13-28-16-25(24)30(26(31)33)17-23-22(7-3-4-14-32)21-6-2-1-5-18(21)15-29-23/h1-2,5-6,8-13,15-16,32H,4,14,17H2. The van der Waals surface area contributed by atoms with Gasteiger partial charge < -0.3 is 5.11 Å². The Labute approximate surface area is 188 Å². The SMILES string of the molecule is O=c1n(Cc2ncc3ccccc3c2C#CCCO)c2cnccc2n1-c1ccc(F)cc1. The molecule has 5 rings (SSSR count). The Kier molecular flexibility index (Phi) is 5.43. The molecule has 0 radical (unpaired) electrons. The fourth-order valence-corrected chi connectivity index (χ4v) is 3.92. The quantitative estimate of drug-likeness (QED) is 0.435. The van der Waals surface area contributed by atoms with Gasteiger partial charge in [0.25, 0.3) is 0 Å². The molecule has 0 amide bonds. The molecule has 7 heteroatoms. The molecule has 0 aliphatic heterocycles. The summed E-state index contributed by atoms with van der Waals surface area (Å²) in [6.07, 6.45) is 5.36. The van der Waals surface area contributed by atoms with Crippen molar-refractivity contribution in [3.8, 4) is 17.5 Å². The van der Waals surface area contributed by atoms with Crippen molar-refractivity contribution in [2.24, 2.45) is 0 Å². The Hall–Kier alpha value is -4.28. The van der Waals surface area contributed by atoms with E-state index in [1.54, 1.807) is 41.4 Å². The van der Waals surface area contributed by atoms with E-state index in [2.05, 4.69) is 21.8 Å². The third-order valence-corrected chi connectivity index (χ3v) is 5.45. The lowest BCUT2D eigenvalue weighted by Gasteiger charge is -2.09.